The molecule has 3 heteroatoms. The summed E-state index contributed by atoms with van der Waals surface area (Å²) in [6.45, 7) is 3.10. The smallest absolute Gasteiger partial charge is 0.125 e. The number of ether oxygens (including phenoxy) is 3. The summed E-state index contributed by atoms with van der Waals surface area (Å²) in [5.41, 5.74) is 3.33. The minimum absolute atomic E-state index is 0.125. The summed E-state index contributed by atoms with van der Waals surface area (Å²) < 4.78 is 18.8. The summed E-state index contributed by atoms with van der Waals surface area (Å²) in [7, 11) is 0. The highest BCUT2D eigenvalue weighted by Gasteiger charge is 2.34. The summed E-state index contributed by atoms with van der Waals surface area (Å²) in [5, 5.41) is 0. The van der Waals surface area contributed by atoms with Crippen molar-refractivity contribution in [3.63, 3.8) is 0 Å². The fraction of sp³-hybridized carbons (Fsp3) is 0.231. The lowest BCUT2D eigenvalue weighted by Gasteiger charge is -2.35. The molecule has 148 valence electrons. The molecular weight excluding hydrogens is 360 g/mol. The lowest BCUT2D eigenvalue weighted by molar-refractivity contribution is -0.119. The Kier molecular flexibility index (Phi) is 6.40. The molecule has 0 aromatic heterocycles. The van der Waals surface area contributed by atoms with Crippen LogP contribution in [0.5, 0.6) is 0 Å². The van der Waals surface area contributed by atoms with Gasteiger partial charge < -0.3 is 14.2 Å². The van der Waals surface area contributed by atoms with Crippen LogP contribution in [0.2, 0.25) is 0 Å². The molecule has 1 heterocycles. The maximum Gasteiger partial charge on any atom is 0.125 e. The van der Waals surface area contributed by atoms with Crippen LogP contribution in [0.25, 0.3) is 5.76 Å². The maximum atomic E-state index is 6.31. The van der Waals surface area contributed by atoms with Crippen molar-refractivity contribution < 1.29 is 14.2 Å². The fourth-order valence-corrected chi connectivity index (χ4v) is 3.49. The van der Waals surface area contributed by atoms with E-state index in [-0.39, 0.29) is 18.3 Å². The third kappa shape index (κ3) is 5.14. The van der Waals surface area contributed by atoms with Gasteiger partial charge in [0.25, 0.3) is 0 Å². The van der Waals surface area contributed by atoms with Crippen LogP contribution in [-0.2, 0) is 27.4 Å². The molecule has 2 unspecified atom stereocenters. The Labute approximate surface area is 172 Å². The topological polar surface area (TPSA) is 27.7 Å². The van der Waals surface area contributed by atoms with Gasteiger partial charge in [0, 0.05) is 5.56 Å². The van der Waals surface area contributed by atoms with E-state index in [2.05, 4.69) is 36.4 Å². The molecule has 0 saturated carbocycles. The Morgan fingerprint density at radius 1 is 0.690 bits per heavy atom. The highest BCUT2D eigenvalue weighted by molar-refractivity contribution is 5.61. The number of benzene rings is 3. The van der Waals surface area contributed by atoms with Gasteiger partial charge in [0.2, 0.25) is 0 Å². The molecule has 0 saturated heterocycles. The predicted octanol–water partition coefficient (Wildman–Crippen LogP) is 5.62. The minimum atomic E-state index is -0.196. The lowest BCUT2D eigenvalue weighted by Crippen LogP contribution is -2.43. The molecule has 3 atom stereocenters. The Morgan fingerprint density at radius 2 is 1.21 bits per heavy atom. The van der Waals surface area contributed by atoms with Gasteiger partial charge in [0.05, 0.1) is 13.2 Å². The number of hydrogen-bond acceptors (Lipinski definition) is 3. The number of rotatable bonds is 7. The van der Waals surface area contributed by atoms with Crippen LogP contribution in [0.4, 0.5) is 0 Å². The number of hydrogen-bond donors (Lipinski definition) is 0. The van der Waals surface area contributed by atoms with Crippen molar-refractivity contribution in [1.29, 1.82) is 0 Å². The van der Waals surface area contributed by atoms with Crippen LogP contribution in [0.1, 0.15) is 23.6 Å². The highest BCUT2D eigenvalue weighted by atomic mass is 16.6. The van der Waals surface area contributed by atoms with E-state index in [1.54, 1.807) is 0 Å². The van der Waals surface area contributed by atoms with E-state index in [9.17, 15) is 0 Å². The van der Waals surface area contributed by atoms with Crippen molar-refractivity contribution in [3.8, 4) is 0 Å². The molecule has 1 aliphatic rings. The Bertz CT molecular complexity index is 906. The van der Waals surface area contributed by atoms with Crippen LogP contribution >= 0.6 is 0 Å². The van der Waals surface area contributed by atoms with Crippen LogP contribution in [0.3, 0.4) is 0 Å². The fourth-order valence-electron chi connectivity index (χ4n) is 3.49. The molecule has 3 aromatic rings. The third-order valence-electron chi connectivity index (χ3n) is 5.04. The average Bonchev–Trinajstić information content (AvgIpc) is 2.79. The first-order valence-electron chi connectivity index (χ1n) is 10.0. The molecule has 1 aliphatic heterocycles. The van der Waals surface area contributed by atoms with E-state index < -0.39 is 0 Å². The van der Waals surface area contributed by atoms with Crippen molar-refractivity contribution in [2.75, 3.05) is 0 Å². The zero-order chi connectivity index (χ0) is 19.9. The molecule has 0 spiro atoms. The van der Waals surface area contributed by atoms with Crippen LogP contribution in [0, 0.1) is 0 Å². The molecule has 0 fully saturated rings. The zero-order valence-electron chi connectivity index (χ0n) is 16.6. The van der Waals surface area contributed by atoms with Gasteiger partial charge in [0.1, 0.15) is 24.1 Å². The minimum Gasteiger partial charge on any atom is -0.487 e. The third-order valence-corrected chi connectivity index (χ3v) is 5.04. The normalized spacial score (nSPS) is 21.3. The summed E-state index contributed by atoms with van der Waals surface area (Å²) in [4.78, 5) is 0. The van der Waals surface area contributed by atoms with Crippen LogP contribution in [-0.4, -0.2) is 18.3 Å². The summed E-state index contributed by atoms with van der Waals surface area (Å²) >= 11 is 0. The molecule has 0 aliphatic carbocycles. The van der Waals surface area contributed by atoms with E-state index >= 15 is 0 Å². The Balaban J connectivity index is 1.53. The summed E-state index contributed by atoms with van der Waals surface area (Å²) in [6.07, 6.45) is 1.54. The van der Waals surface area contributed by atoms with Gasteiger partial charge in [-0.15, -0.1) is 0 Å². The van der Waals surface area contributed by atoms with Crippen molar-refractivity contribution in [2.24, 2.45) is 0 Å². The Morgan fingerprint density at radius 3 is 1.79 bits per heavy atom. The second-order valence-corrected chi connectivity index (χ2v) is 7.24. The molecule has 0 amide bonds. The molecule has 3 nitrogen and oxygen atoms in total. The Hall–Kier alpha value is -2.88. The molecule has 0 bridgehead atoms. The van der Waals surface area contributed by atoms with E-state index in [1.807, 2.05) is 67.6 Å². The van der Waals surface area contributed by atoms with Gasteiger partial charge in [-0.3, -0.25) is 0 Å². The van der Waals surface area contributed by atoms with Gasteiger partial charge >= 0.3 is 0 Å². The van der Waals surface area contributed by atoms with Gasteiger partial charge in [-0.25, -0.2) is 0 Å². The first-order chi connectivity index (χ1) is 14.3. The van der Waals surface area contributed by atoms with Gasteiger partial charge in [-0.1, -0.05) is 91.0 Å². The highest BCUT2D eigenvalue weighted by Crippen LogP contribution is 2.30. The summed E-state index contributed by atoms with van der Waals surface area (Å²) in [5.74, 6) is 0.843. The monoisotopic (exact) mass is 386 g/mol. The van der Waals surface area contributed by atoms with Crippen molar-refractivity contribution in [3.05, 3.63) is 114 Å². The molecular formula is C26H26O3. The van der Waals surface area contributed by atoms with Crippen molar-refractivity contribution >= 4 is 5.76 Å². The zero-order valence-corrected chi connectivity index (χ0v) is 16.6. The van der Waals surface area contributed by atoms with E-state index in [1.165, 1.54) is 0 Å². The van der Waals surface area contributed by atoms with E-state index in [0.29, 0.717) is 13.2 Å². The first-order valence-corrected chi connectivity index (χ1v) is 10.0. The summed E-state index contributed by atoms with van der Waals surface area (Å²) in [6, 6.07) is 30.6. The molecule has 3 aromatic carbocycles. The predicted molar refractivity (Wildman–Crippen MR) is 115 cm³/mol. The van der Waals surface area contributed by atoms with Crippen molar-refractivity contribution in [2.45, 2.75) is 38.4 Å². The van der Waals surface area contributed by atoms with E-state index in [4.69, 9.17) is 14.2 Å². The second kappa shape index (κ2) is 9.55. The molecule has 0 radical (unpaired) electrons. The van der Waals surface area contributed by atoms with Gasteiger partial charge in [-0.05, 0) is 24.1 Å². The van der Waals surface area contributed by atoms with Crippen LogP contribution < -0.4 is 0 Å². The molecule has 29 heavy (non-hydrogen) atoms. The lowest BCUT2D eigenvalue weighted by atomic mass is 10.0. The second-order valence-electron chi connectivity index (χ2n) is 7.24. The average molecular weight is 386 g/mol. The molecule has 4 rings (SSSR count). The standard InChI is InChI=1S/C26H26O3/c1-20-26(28-19-22-13-7-3-8-14-22)25(27-18-21-11-5-2-6-12-21)17-24(29-20)23-15-9-4-10-16-23/h2-17,20,25-26H,18-19H2,1H3/t20?,25?,26-/m0/s1. The van der Waals surface area contributed by atoms with Gasteiger partial charge in [-0.2, -0.15) is 0 Å². The molecule has 0 N–H and O–H groups in total. The first kappa shape index (κ1) is 19.4. The largest absolute Gasteiger partial charge is 0.487 e. The SMILES string of the molecule is CC1OC(c2ccccc2)=CC(OCc2ccccc2)[C@H]1OCc1ccccc1. The van der Waals surface area contributed by atoms with Crippen molar-refractivity contribution in [1.82, 2.24) is 0 Å². The quantitative estimate of drug-likeness (QED) is 0.528. The van der Waals surface area contributed by atoms with Gasteiger partial charge in [0.15, 0.2) is 0 Å². The maximum absolute atomic E-state index is 6.31. The van der Waals surface area contributed by atoms with E-state index in [0.717, 1.165) is 22.4 Å². The van der Waals surface area contributed by atoms with Crippen LogP contribution in [0.15, 0.2) is 97.1 Å².